The summed E-state index contributed by atoms with van der Waals surface area (Å²) in [6.45, 7) is 5.50. The Hall–Kier alpha value is -3.66. The topological polar surface area (TPSA) is 74.7 Å². The number of nitrogens with zero attached hydrogens (tertiary/aromatic N) is 6. The van der Waals surface area contributed by atoms with Crippen LogP contribution < -0.4 is 9.64 Å². The first-order valence-electron chi connectivity index (χ1n) is 14.6. The van der Waals surface area contributed by atoms with Crippen molar-refractivity contribution in [1.82, 2.24) is 24.8 Å². The van der Waals surface area contributed by atoms with Gasteiger partial charge in [-0.05, 0) is 69.7 Å². The molecule has 7 rings (SSSR count). The van der Waals surface area contributed by atoms with Gasteiger partial charge in [-0.2, -0.15) is 9.97 Å². The number of likely N-dealkylation sites (N-methyl/N-ethyl adjacent to an activating group) is 1. The summed E-state index contributed by atoms with van der Waals surface area (Å²) in [7, 11) is 2.07. The average Bonchev–Trinajstić information content (AvgIpc) is 3.53. The number of carbonyl (C=O) groups excluding carboxylic acids is 1. The Balaban J connectivity index is 1.28. The van der Waals surface area contributed by atoms with E-state index in [0.717, 1.165) is 56.2 Å². The van der Waals surface area contributed by atoms with E-state index in [1.54, 1.807) is 6.20 Å². The molecule has 8 nitrogen and oxygen atoms in total. The third kappa shape index (κ3) is 4.43. The fourth-order valence-electron chi connectivity index (χ4n) is 7.13. The fraction of sp³-hybridized carbons (Fsp3) is 0.484. The van der Waals surface area contributed by atoms with Crippen molar-refractivity contribution in [2.24, 2.45) is 0 Å². The van der Waals surface area contributed by atoms with Crippen LogP contribution in [-0.2, 0) is 17.6 Å². The number of benzene rings is 1. The summed E-state index contributed by atoms with van der Waals surface area (Å²) in [5.74, 6) is -1.57. The SMILES string of the molecule is C=C(F)C(=O)N1CCC2[C@H]1CN2c1nc(OC[C@@H]2CCCN2C)nc2c(F)c(-c3cccc4c3CCCC4)ncc12. The number of ether oxygens (including phenoxy) is 1. The number of rotatable bonds is 6. The molecule has 3 aliphatic heterocycles. The minimum absolute atomic E-state index is 0.0610. The summed E-state index contributed by atoms with van der Waals surface area (Å²) in [6, 6.07) is 6.21. The number of hydrogen-bond acceptors (Lipinski definition) is 7. The number of anilines is 1. The molecule has 0 bridgehead atoms. The van der Waals surface area contributed by atoms with Crippen LogP contribution in [0.1, 0.15) is 43.2 Å². The molecule has 10 heteroatoms. The lowest BCUT2D eigenvalue weighted by atomic mass is 9.87. The number of amides is 1. The van der Waals surface area contributed by atoms with Gasteiger partial charge in [0.1, 0.15) is 23.6 Å². The molecule has 0 spiro atoms. The van der Waals surface area contributed by atoms with Crippen molar-refractivity contribution >= 4 is 22.6 Å². The number of pyridine rings is 1. The normalized spacial score (nSPS) is 23.8. The highest BCUT2D eigenvalue weighted by molar-refractivity contribution is 5.94. The molecule has 214 valence electrons. The molecule has 1 amide bonds. The predicted molar refractivity (Wildman–Crippen MR) is 152 cm³/mol. The number of hydrogen-bond donors (Lipinski definition) is 0. The zero-order valence-corrected chi connectivity index (χ0v) is 23.3. The van der Waals surface area contributed by atoms with Crippen molar-refractivity contribution in [2.75, 3.05) is 38.2 Å². The second-order valence-electron chi connectivity index (χ2n) is 11.7. The van der Waals surface area contributed by atoms with Gasteiger partial charge in [0.25, 0.3) is 5.91 Å². The Morgan fingerprint density at radius 1 is 1.12 bits per heavy atom. The van der Waals surface area contributed by atoms with Gasteiger partial charge in [-0.25, -0.2) is 8.78 Å². The number of aromatic nitrogens is 3. The van der Waals surface area contributed by atoms with Gasteiger partial charge < -0.3 is 19.4 Å². The van der Waals surface area contributed by atoms with Gasteiger partial charge in [0.15, 0.2) is 11.6 Å². The Bertz CT molecular complexity index is 1550. The van der Waals surface area contributed by atoms with E-state index in [9.17, 15) is 9.18 Å². The van der Waals surface area contributed by atoms with Crippen molar-refractivity contribution in [3.05, 3.63) is 53.7 Å². The Morgan fingerprint density at radius 3 is 2.78 bits per heavy atom. The van der Waals surface area contributed by atoms with Crippen LogP contribution >= 0.6 is 0 Å². The molecule has 41 heavy (non-hydrogen) atoms. The fourth-order valence-corrected chi connectivity index (χ4v) is 7.13. The molecule has 3 atom stereocenters. The van der Waals surface area contributed by atoms with E-state index >= 15 is 4.39 Å². The van der Waals surface area contributed by atoms with E-state index in [-0.39, 0.29) is 29.7 Å². The molecule has 3 saturated heterocycles. The van der Waals surface area contributed by atoms with Crippen LogP contribution in [0, 0.1) is 5.82 Å². The maximum atomic E-state index is 16.5. The van der Waals surface area contributed by atoms with Crippen molar-refractivity contribution in [3.8, 4) is 17.3 Å². The number of fused-ring (bicyclic) bond motifs is 3. The standard InChI is InChI=1S/C31H34F2N6O2/c1-18(32)30(40)38-14-12-24-25(38)16-39(24)29-23-15-34-27(22-11-5-8-19-7-3-4-10-21(19)22)26(33)28(23)35-31(36-29)41-17-20-9-6-13-37(20)2/h5,8,11,15,20,24-25H,1,3-4,6-7,9-10,12-14,16-17H2,2H3/t20-,24?,25+/m0/s1. The summed E-state index contributed by atoms with van der Waals surface area (Å²) in [6.07, 6.45) is 8.56. The number of likely N-dealkylation sites (tertiary alicyclic amines) is 2. The third-order valence-electron chi connectivity index (χ3n) is 9.43. The van der Waals surface area contributed by atoms with Gasteiger partial charge >= 0.3 is 6.01 Å². The minimum atomic E-state index is -0.953. The minimum Gasteiger partial charge on any atom is -0.462 e. The molecule has 0 saturated carbocycles. The smallest absolute Gasteiger partial charge is 0.319 e. The molecule has 0 N–H and O–H groups in total. The lowest BCUT2D eigenvalue weighted by molar-refractivity contribution is -0.130. The zero-order chi connectivity index (χ0) is 28.2. The number of halogens is 2. The summed E-state index contributed by atoms with van der Waals surface area (Å²) in [4.78, 5) is 32.1. The van der Waals surface area contributed by atoms with Gasteiger partial charge in [0.2, 0.25) is 0 Å². The quantitative estimate of drug-likeness (QED) is 0.413. The largest absolute Gasteiger partial charge is 0.462 e. The lowest BCUT2D eigenvalue weighted by Crippen LogP contribution is -2.63. The number of aryl methyl sites for hydroxylation is 1. The van der Waals surface area contributed by atoms with E-state index in [1.165, 1.54) is 10.5 Å². The molecule has 1 unspecified atom stereocenters. The molecule has 5 heterocycles. The third-order valence-corrected chi connectivity index (χ3v) is 9.43. The zero-order valence-electron chi connectivity index (χ0n) is 23.3. The molecule has 4 aliphatic rings. The van der Waals surface area contributed by atoms with Gasteiger partial charge in [0, 0.05) is 30.9 Å². The van der Waals surface area contributed by atoms with Gasteiger partial charge in [-0.3, -0.25) is 9.78 Å². The first kappa shape index (κ1) is 26.3. The molecule has 1 aromatic carbocycles. The molecular weight excluding hydrogens is 526 g/mol. The summed E-state index contributed by atoms with van der Waals surface area (Å²) in [5, 5.41) is 0.500. The molecular formula is C31H34F2N6O2. The van der Waals surface area contributed by atoms with Crippen molar-refractivity contribution in [3.63, 3.8) is 0 Å². The van der Waals surface area contributed by atoms with E-state index in [4.69, 9.17) is 9.72 Å². The summed E-state index contributed by atoms with van der Waals surface area (Å²) < 4.78 is 36.2. The van der Waals surface area contributed by atoms with E-state index in [2.05, 4.69) is 34.6 Å². The van der Waals surface area contributed by atoms with E-state index in [0.29, 0.717) is 43.0 Å². The molecule has 0 radical (unpaired) electrons. The first-order valence-corrected chi connectivity index (χ1v) is 14.6. The second-order valence-corrected chi connectivity index (χ2v) is 11.7. The lowest BCUT2D eigenvalue weighted by Gasteiger charge is -2.47. The van der Waals surface area contributed by atoms with Crippen LogP contribution in [0.4, 0.5) is 14.6 Å². The first-order chi connectivity index (χ1) is 19.9. The van der Waals surface area contributed by atoms with Crippen molar-refractivity contribution < 1.29 is 18.3 Å². The maximum absolute atomic E-state index is 16.5. The average molecular weight is 561 g/mol. The molecule has 3 fully saturated rings. The highest BCUT2D eigenvalue weighted by Gasteiger charge is 2.50. The van der Waals surface area contributed by atoms with Gasteiger partial charge in [0.05, 0.1) is 17.5 Å². The highest BCUT2D eigenvalue weighted by Crippen LogP contribution is 2.41. The maximum Gasteiger partial charge on any atom is 0.319 e. The van der Waals surface area contributed by atoms with Crippen LogP contribution in [0.2, 0.25) is 0 Å². The Labute approximate surface area is 238 Å². The van der Waals surface area contributed by atoms with E-state index < -0.39 is 17.6 Å². The van der Waals surface area contributed by atoms with Crippen LogP contribution in [-0.4, -0.2) is 82.1 Å². The highest BCUT2D eigenvalue weighted by atomic mass is 19.1. The van der Waals surface area contributed by atoms with Crippen LogP contribution in [0.3, 0.4) is 0 Å². The van der Waals surface area contributed by atoms with Gasteiger partial charge in [-0.15, -0.1) is 0 Å². The number of carbonyl (C=O) groups is 1. The Kier molecular flexibility index (Phi) is 6.60. The van der Waals surface area contributed by atoms with Crippen LogP contribution in [0.5, 0.6) is 6.01 Å². The second kappa shape index (κ2) is 10.3. The molecule has 2 aromatic heterocycles. The summed E-state index contributed by atoms with van der Waals surface area (Å²) >= 11 is 0. The summed E-state index contributed by atoms with van der Waals surface area (Å²) in [5.41, 5.74) is 3.70. The predicted octanol–water partition coefficient (Wildman–Crippen LogP) is 4.46. The van der Waals surface area contributed by atoms with Crippen molar-refractivity contribution in [1.29, 1.82) is 0 Å². The van der Waals surface area contributed by atoms with Crippen LogP contribution in [0.15, 0.2) is 36.8 Å². The molecule has 3 aromatic rings. The monoisotopic (exact) mass is 560 g/mol. The van der Waals surface area contributed by atoms with Crippen molar-refractivity contribution in [2.45, 2.75) is 63.1 Å². The van der Waals surface area contributed by atoms with Crippen LogP contribution in [0.25, 0.3) is 22.2 Å². The molecule has 1 aliphatic carbocycles. The van der Waals surface area contributed by atoms with E-state index in [1.807, 2.05) is 17.0 Å². The Morgan fingerprint density at radius 2 is 1.98 bits per heavy atom. The van der Waals surface area contributed by atoms with Gasteiger partial charge in [-0.1, -0.05) is 24.8 Å².